The number of amides is 1. The van der Waals surface area contributed by atoms with Crippen LogP contribution in [0.4, 0.5) is 0 Å². The molecule has 0 radical (unpaired) electrons. The van der Waals surface area contributed by atoms with Gasteiger partial charge in [-0.1, -0.05) is 13.0 Å². The van der Waals surface area contributed by atoms with Crippen LogP contribution in [0, 0.1) is 0 Å². The molecule has 8 heteroatoms. The van der Waals surface area contributed by atoms with Crippen LogP contribution >= 0.6 is 0 Å². The molecule has 1 aromatic carbocycles. The van der Waals surface area contributed by atoms with E-state index in [-0.39, 0.29) is 17.3 Å². The van der Waals surface area contributed by atoms with Crippen LogP contribution in [0.2, 0.25) is 0 Å². The molecule has 0 bridgehead atoms. The topological polar surface area (TPSA) is 82.6 Å². The van der Waals surface area contributed by atoms with Gasteiger partial charge in [0.25, 0.3) is 5.91 Å². The minimum absolute atomic E-state index is 0.0591. The zero-order valence-electron chi connectivity index (χ0n) is 15.3. The number of nitrogens with zero attached hydrogens (tertiary/aromatic N) is 3. The number of carbonyl (C=O) groups is 1. The lowest BCUT2D eigenvalue weighted by molar-refractivity contribution is 0.0643. The van der Waals surface area contributed by atoms with Gasteiger partial charge in [0.05, 0.1) is 17.1 Å². The van der Waals surface area contributed by atoms with E-state index in [9.17, 15) is 13.2 Å². The maximum atomic E-state index is 12.6. The Hall–Kier alpha value is -2.29. The molecule has 0 aliphatic carbocycles. The molecule has 1 amide bonds. The van der Waals surface area contributed by atoms with Gasteiger partial charge in [0.2, 0.25) is 10.0 Å². The zero-order chi connectivity index (χ0) is 19.3. The number of hydrogen-bond acceptors (Lipinski definition) is 5. The van der Waals surface area contributed by atoms with Crippen molar-refractivity contribution in [2.75, 3.05) is 32.7 Å². The van der Waals surface area contributed by atoms with E-state index in [1.54, 1.807) is 36.5 Å². The van der Waals surface area contributed by atoms with E-state index in [1.165, 1.54) is 12.1 Å². The van der Waals surface area contributed by atoms with Crippen LogP contribution in [-0.2, 0) is 16.6 Å². The van der Waals surface area contributed by atoms with Gasteiger partial charge in [0.1, 0.15) is 0 Å². The second-order valence-electron chi connectivity index (χ2n) is 6.40. The summed E-state index contributed by atoms with van der Waals surface area (Å²) >= 11 is 0. The quantitative estimate of drug-likeness (QED) is 0.807. The molecule has 1 N–H and O–H groups in total. The summed E-state index contributed by atoms with van der Waals surface area (Å²) < 4.78 is 27.4. The Bertz CT molecular complexity index is 862. The molecule has 1 saturated heterocycles. The van der Waals surface area contributed by atoms with Crippen LogP contribution < -0.4 is 4.72 Å². The molecule has 1 fully saturated rings. The number of benzene rings is 1. The van der Waals surface area contributed by atoms with E-state index < -0.39 is 10.0 Å². The van der Waals surface area contributed by atoms with Crippen LogP contribution in [0.25, 0.3) is 0 Å². The molecule has 7 nitrogen and oxygen atoms in total. The van der Waals surface area contributed by atoms with Gasteiger partial charge in [-0.3, -0.25) is 9.78 Å². The van der Waals surface area contributed by atoms with Crippen molar-refractivity contribution in [3.05, 3.63) is 59.9 Å². The maximum absolute atomic E-state index is 12.6. The van der Waals surface area contributed by atoms with Crippen LogP contribution in [0.1, 0.15) is 23.0 Å². The van der Waals surface area contributed by atoms with E-state index in [0.717, 1.165) is 19.6 Å². The molecule has 1 aliphatic heterocycles. The minimum atomic E-state index is -3.66. The van der Waals surface area contributed by atoms with Crippen molar-refractivity contribution in [3.63, 3.8) is 0 Å². The van der Waals surface area contributed by atoms with E-state index in [0.29, 0.717) is 24.3 Å². The van der Waals surface area contributed by atoms with Gasteiger partial charge in [-0.25, -0.2) is 13.1 Å². The highest BCUT2D eigenvalue weighted by atomic mass is 32.2. The van der Waals surface area contributed by atoms with Crippen LogP contribution in [0.5, 0.6) is 0 Å². The Labute approximate surface area is 160 Å². The molecule has 2 aromatic rings. The average Bonchev–Trinajstić information content (AvgIpc) is 2.73. The predicted molar refractivity (Wildman–Crippen MR) is 103 cm³/mol. The molecule has 0 unspecified atom stereocenters. The van der Waals surface area contributed by atoms with Crippen LogP contribution in [0.3, 0.4) is 0 Å². The monoisotopic (exact) mass is 388 g/mol. The zero-order valence-corrected chi connectivity index (χ0v) is 16.2. The number of sulfonamides is 1. The van der Waals surface area contributed by atoms with Crippen molar-refractivity contribution in [2.24, 2.45) is 0 Å². The molecule has 0 saturated carbocycles. The number of hydrogen-bond donors (Lipinski definition) is 1. The summed E-state index contributed by atoms with van der Waals surface area (Å²) in [6, 6.07) is 11.4. The second-order valence-corrected chi connectivity index (χ2v) is 8.16. The number of carbonyl (C=O) groups excluding carboxylic acids is 1. The number of likely N-dealkylation sites (N-methyl/N-ethyl adjacent to an activating group) is 1. The van der Waals surface area contributed by atoms with Crippen molar-refractivity contribution in [1.29, 1.82) is 0 Å². The number of rotatable bonds is 6. The lowest BCUT2D eigenvalue weighted by atomic mass is 10.2. The number of nitrogens with one attached hydrogen (secondary N) is 1. The van der Waals surface area contributed by atoms with E-state index in [4.69, 9.17) is 0 Å². The Morgan fingerprint density at radius 1 is 1.07 bits per heavy atom. The fraction of sp³-hybridized carbons (Fsp3) is 0.368. The number of aromatic nitrogens is 1. The fourth-order valence-electron chi connectivity index (χ4n) is 2.98. The standard InChI is InChI=1S/C19H24N4O3S/c1-2-22-11-13-23(14-12-22)19(24)16-6-8-18(9-7-16)27(25,26)21-15-17-5-3-4-10-20-17/h3-10,21H,2,11-15H2,1H3. The lowest BCUT2D eigenvalue weighted by Crippen LogP contribution is -2.48. The van der Waals surface area contributed by atoms with Crippen LogP contribution in [0.15, 0.2) is 53.6 Å². The highest BCUT2D eigenvalue weighted by Crippen LogP contribution is 2.14. The molecule has 2 heterocycles. The summed E-state index contributed by atoms with van der Waals surface area (Å²) in [5, 5.41) is 0. The van der Waals surface area contributed by atoms with Gasteiger partial charge in [-0.05, 0) is 42.9 Å². The molecular weight excluding hydrogens is 364 g/mol. The van der Waals surface area contributed by atoms with Gasteiger partial charge in [-0.2, -0.15) is 0 Å². The van der Waals surface area contributed by atoms with E-state index in [2.05, 4.69) is 21.5 Å². The van der Waals surface area contributed by atoms with Crippen LogP contribution in [-0.4, -0.2) is 61.8 Å². The average molecular weight is 388 g/mol. The third-order valence-corrected chi connectivity index (χ3v) is 6.10. The highest BCUT2D eigenvalue weighted by Gasteiger charge is 2.22. The van der Waals surface area contributed by atoms with E-state index in [1.807, 2.05) is 4.90 Å². The normalized spacial score (nSPS) is 15.7. The van der Waals surface area contributed by atoms with Crippen molar-refractivity contribution in [2.45, 2.75) is 18.4 Å². The summed E-state index contributed by atoms with van der Waals surface area (Å²) in [5.41, 5.74) is 1.14. The minimum Gasteiger partial charge on any atom is -0.336 e. The Morgan fingerprint density at radius 3 is 2.37 bits per heavy atom. The number of pyridine rings is 1. The van der Waals surface area contributed by atoms with Crippen molar-refractivity contribution in [3.8, 4) is 0 Å². The van der Waals surface area contributed by atoms with E-state index >= 15 is 0 Å². The van der Waals surface area contributed by atoms with Crippen molar-refractivity contribution in [1.82, 2.24) is 19.5 Å². The first-order valence-corrected chi connectivity index (χ1v) is 10.5. The molecule has 0 spiro atoms. The lowest BCUT2D eigenvalue weighted by Gasteiger charge is -2.34. The smallest absolute Gasteiger partial charge is 0.253 e. The summed E-state index contributed by atoms with van der Waals surface area (Å²) in [5.74, 6) is -0.0591. The number of piperazine rings is 1. The molecule has 144 valence electrons. The van der Waals surface area contributed by atoms with Gasteiger partial charge in [0, 0.05) is 37.9 Å². The Kier molecular flexibility index (Phi) is 6.20. The SMILES string of the molecule is CCN1CCN(C(=O)c2ccc(S(=O)(=O)NCc3ccccn3)cc2)CC1. The van der Waals surface area contributed by atoms with Gasteiger partial charge < -0.3 is 9.80 Å². The van der Waals surface area contributed by atoms with Gasteiger partial charge >= 0.3 is 0 Å². The molecule has 1 aliphatic rings. The van der Waals surface area contributed by atoms with Crippen molar-refractivity contribution < 1.29 is 13.2 Å². The molecule has 1 aromatic heterocycles. The Balaban J connectivity index is 1.63. The first-order chi connectivity index (χ1) is 13.0. The first kappa shape index (κ1) is 19.5. The predicted octanol–water partition coefficient (Wildman–Crippen LogP) is 1.34. The maximum Gasteiger partial charge on any atom is 0.253 e. The molecule has 3 rings (SSSR count). The fourth-order valence-corrected chi connectivity index (χ4v) is 3.98. The summed E-state index contributed by atoms with van der Waals surface area (Å²) in [4.78, 5) is 20.9. The third-order valence-electron chi connectivity index (χ3n) is 4.69. The second kappa shape index (κ2) is 8.60. The summed E-state index contributed by atoms with van der Waals surface area (Å²) in [6.45, 7) is 6.33. The molecule has 0 atom stereocenters. The Morgan fingerprint density at radius 2 is 1.78 bits per heavy atom. The first-order valence-electron chi connectivity index (χ1n) is 9.01. The van der Waals surface area contributed by atoms with Gasteiger partial charge in [-0.15, -0.1) is 0 Å². The van der Waals surface area contributed by atoms with Crippen molar-refractivity contribution >= 4 is 15.9 Å². The molecular formula is C19H24N4O3S. The summed E-state index contributed by atoms with van der Waals surface area (Å²) in [6.07, 6.45) is 1.62. The largest absolute Gasteiger partial charge is 0.336 e. The third kappa shape index (κ3) is 4.91. The summed E-state index contributed by atoms with van der Waals surface area (Å²) in [7, 11) is -3.66. The highest BCUT2D eigenvalue weighted by molar-refractivity contribution is 7.89. The van der Waals surface area contributed by atoms with Gasteiger partial charge in [0.15, 0.2) is 0 Å². The molecule has 27 heavy (non-hydrogen) atoms.